The Morgan fingerprint density at radius 2 is 2.25 bits per heavy atom. The Bertz CT molecular complexity index is 306. The highest BCUT2D eigenvalue weighted by Gasteiger charge is 2.28. The fraction of sp³-hybridized carbons (Fsp3) is 0.692. The van der Waals surface area contributed by atoms with E-state index in [0.717, 1.165) is 12.6 Å². The second-order valence-electron chi connectivity index (χ2n) is 4.93. The molecule has 0 aromatic carbocycles. The van der Waals surface area contributed by atoms with Gasteiger partial charge in [0.05, 0.1) is 12.5 Å². The smallest absolute Gasteiger partial charge is 0.0950 e. The summed E-state index contributed by atoms with van der Waals surface area (Å²) in [5.41, 5.74) is 1.22. The SMILES string of the molecule is CC(NCC(C)N(C)C1CC1)c1ccoc1. The molecule has 1 aromatic heterocycles. The number of hydrogen-bond acceptors (Lipinski definition) is 3. The van der Waals surface area contributed by atoms with Crippen molar-refractivity contribution >= 4 is 0 Å². The van der Waals surface area contributed by atoms with Crippen molar-refractivity contribution < 1.29 is 4.42 Å². The minimum Gasteiger partial charge on any atom is -0.472 e. The van der Waals surface area contributed by atoms with Gasteiger partial charge in [0.25, 0.3) is 0 Å². The van der Waals surface area contributed by atoms with E-state index in [4.69, 9.17) is 4.42 Å². The molecule has 1 aliphatic rings. The van der Waals surface area contributed by atoms with Crippen molar-refractivity contribution in [1.29, 1.82) is 0 Å². The molecule has 16 heavy (non-hydrogen) atoms. The summed E-state index contributed by atoms with van der Waals surface area (Å²) in [4.78, 5) is 2.48. The number of hydrogen-bond donors (Lipinski definition) is 1. The fourth-order valence-electron chi connectivity index (χ4n) is 1.97. The Labute approximate surface area is 97.8 Å². The van der Waals surface area contributed by atoms with Crippen molar-refractivity contribution in [3.8, 4) is 0 Å². The molecule has 1 aliphatic carbocycles. The Kier molecular flexibility index (Phi) is 3.66. The van der Waals surface area contributed by atoms with Crippen molar-refractivity contribution in [2.24, 2.45) is 0 Å². The molecule has 0 radical (unpaired) electrons. The van der Waals surface area contributed by atoms with Gasteiger partial charge in [-0.3, -0.25) is 4.90 Å². The molecule has 1 heterocycles. The minimum atomic E-state index is 0.369. The fourth-order valence-corrected chi connectivity index (χ4v) is 1.97. The van der Waals surface area contributed by atoms with E-state index in [0.29, 0.717) is 12.1 Å². The second kappa shape index (κ2) is 5.02. The Hall–Kier alpha value is -0.800. The second-order valence-corrected chi connectivity index (χ2v) is 4.93. The molecule has 1 N–H and O–H groups in total. The van der Waals surface area contributed by atoms with E-state index in [1.165, 1.54) is 18.4 Å². The molecule has 0 spiro atoms. The topological polar surface area (TPSA) is 28.4 Å². The van der Waals surface area contributed by atoms with Crippen LogP contribution < -0.4 is 5.32 Å². The molecule has 1 fully saturated rings. The summed E-state index contributed by atoms with van der Waals surface area (Å²) in [5.74, 6) is 0. The highest BCUT2D eigenvalue weighted by molar-refractivity contribution is 5.10. The van der Waals surface area contributed by atoms with Crippen molar-refractivity contribution in [3.63, 3.8) is 0 Å². The lowest BCUT2D eigenvalue weighted by atomic mass is 10.1. The van der Waals surface area contributed by atoms with Gasteiger partial charge in [0.1, 0.15) is 0 Å². The Morgan fingerprint density at radius 3 is 2.81 bits per heavy atom. The van der Waals surface area contributed by atoms with Crippen LogP contribution in [0.25, 0.3) is 0 Å². The summed E-state index contributed by atoms with van der Waals surface area (Å²) in [5, 5.41) is 3.55. The predicted molar refractivity (Wildman–Crippen MR) is 65.4 cm³/mol. The highest BCUT2D eigenvalue weighted by atomic mass is 16.3. The number of nitrogens with one attached hydrogen (secondary N) is 1. The third kappa shape index (κ3) is 2.86. The summed E-state index contributed by atoms with van der Waals surface area (Å²) < 4.78 is 5.09. The van der Waals surface area contributed by atoms with Crippen LogP contribution in [0.4, 0.5) is 0 Å². The van der Waals surface area contributed by atoms with Crippen LogP contribution in [-0.2, 0) is 0 Å². The van der Waals surface area contributed by atoms with Crippen LogP contribution in [0.1, 0.15) is 38.3 Å². The molecule has 90 valence electrons. The monoisotopic (exact) mass is 222 g/mol. The van der Waals surface area contributed by atoms with Crippen molar-refractivity contribution in [2.45, 2.75) is 44.8 Å². The van der Waals surface area contributed by atoms with E-state index in [1.54, 1.807) is 6.26 Å². The average molecular weight is 222 g/mol. The van der Waals surface area contributed by atoms with Crippen molar-refractivity contribution in [2.75, 3.05) is 13.6 Å². The van der Waals surface area contributed by atoms with Gasteiger partial charge in [-0.1, -0.05) is 0 Å². The average Bonchev–Trinajstić information content (AvgIpc) is 2.99. The number of rotatable bonds is 6. The molecule has 0 bridgehead atoms. The van der Waals surface area contributed by atoms with Gasteiger partial charge in [-0.25, -0.2) is 0 Å². The van der Waals surface area contributed by atoms with Gasteiger partial charge in [0, 0.05) is 30.2 Å². The van der Waals surface area contributed by atoms with E-state index < -0.39 is 0 Å². The van der Waals surface area contributed by atoms with Gasteiger partial charge >= 0.3 is 0 Å². The Morgan fingerprint density at radius 1 is 1.50 bits per heavy atom. The molecule has 1 saturated carbocycles. The molecule has 2 unspecified atom stereocenters. The Balaban J connectivity index is 1.74. The maximum atomic E-state index is 5.09. The van der Waals surface area contributed by atoms with Gasteiger partial charge in [-0.05, 0) is 39.8 Å². The molecule has 2 rings (SSSR count). The molecular formula is C13H22N2O. The van der Waals surface area contributed by atoms with Gasteiger partial charge in [-0.15, -0.1) is 0 Å². The first-order chi connectivity index (χ1) is 7.68. The van der Waals surface area contributed by atoms with Crippen LogP contribution in [0.3, 0.4) is 0 Å². The molecule has 0 saturated heterocycles. The van der Waals surface area contributed by atoms with Gasteiger partial charge in [0.2, 0.25) is 0 Å². The lowest BCUT2D eigenvalue weighted by molar-refractivity contribution is 0.237. The molecule has 1 aromatic rings. The standard InChI is InChI=1S/C13H22N2O/c1-10(15(3)13-4-5-13)8-14-11(2)12-6-7-16-9-12/h6-7,9-11,13-14H,4-5,8H2,1-3H3. The number of nitrogens with zero attached hydrogens (tertiary/aromatic N) is 1. The van der Waals surface area contributed by atoms with Crippen LogP contribution >= 0.6 is 0 Å². The third-order valence-corrected chi connectivity index (χ3v) is 3.58. The molecule has 0 aliphatic heterocycles. The number of likely N-dealkylation sites (N-methyl/N-ethyl adjacent to an activating group) is 1. The van der Waals surface area contributed by atoms with Crippen molar-refractivity contribution in [3.05, 3.63) is 24.2 Å². The molecular weight excluding hydrogens is 200 g/mol. The lowest BCUT2D eigenvalue weighted by Gasteiger charge is -2.26. The molecule has 0 amide bonds. The first-order valence-electron chi connectivity index (χ1n) is 6.16. The summed E-state index contributed by atoms with van der Waals surface area (Å²) in [6, 6.07) is 3.82. The maximum Gasteiger partial charge on any atom is 0.0950 e. The largest absolute Gasteiger partial charge is 0.472 e. The first kappa shape index (κ1) is 11.7. The van der Waals surface area contributed by atoms with Crippen LogP contribution in [0.5, 0.6) is 0 Å². The van der Waals surface area contributed by atoms with Gasteiger partial charge in [-0.2, -0.15) is 0 Å². The molecule has 2 atom stereocenters. The quantitative estimate of drug-likeness (QED) is 0.801. The zero-order valence-corrected chi connectivity index (χ0v) is 10.4. The zero-order chi connectivity index (χ0) is 11.5. The van der Waals surface area contributed by atoms with E-state index in [-0.39, 0.29) is 0 Å². The van der Waals surface area contributed by atoms with Gasteiger partial charge < -0.3 is 9.73 Å². The van der Waals surface area contributed by atoms with Gasteiger partial charge in [0.15, 0.2) is 0 Å². The first-order valence-corrected chi connectivity index (χ1v) is 6.16. The summed E-state index contributed by atoms with van der Waals surface area (Å²) in [6.45, 7) is 5.49. The highest BCUT2D eigenvalue weighted by Crippen LogP contribution is 2.26. The molecule has 3 nitrogen and oxygen atoms in total. The van der Waals surface area contributed by atoms with E-state index >= 15 is 0 Å². The van der Waals surface area contributed by atoms with Crippen LogP contribution in [0.15, 0.2) is 23.0 Å². The van der Waals surface area contributed by atoms with Crippen LogP contribution in [0.2, 0.25) is 0 Å². The normalized spacial score (nSPS) is 20.0. The predicted octanol–water partition coefficient (Wildman–Crippen LogP) is 2.41. The van der Waals surface area contributed by atoms with Crippen molar-refractivity contribution in [1.82, 2.24) is 10.2 Å². The number of furan rings is 1. The summed E-state index contributed by atoms with van der Waals surface area (Å²) in [6.07, 6.45) is 6.29. The van der Waals surface area contributed by atoms with Crippen LogP contribution in [0, 0.1) is 0 Å². The minimum absolute atomic E-state index is 0.369. The summed E-state index contributed by atoms with van der Waals surface area (Å²) >= 11 is 0. The summed E-state index contributed by atoms with van der Waals surface area (Å²) in [7, 11) is 2.23. The van der Waals surface area contributed by atoms with E-state index in [2.05, 4.69) is 31.1 Å². The third-order valence-electron chi connectivity index (χ3n) is 3.58. The van der Waals surface area contributed by atoms with E-state index in [1.807, 2.05) is 12.3 Å². The lowest BCUT2D eigenvalue weighted by Crippen LogP contribution is -2.39. The van der Waals surface area contributed by atoms with Crippen LogP contribution in [-0.4, -0.2) is 30.6 Å². The van der Waals surface area contributed by atoms with E-state index in [9.17, 15) is 0 Å². The zero-order valence-electron chi connectivity index (χ0n) is 10.4. The molecule has 3 heteroatoms. The maximum absolute atomic E-state index is 5.09.